The number of alkyl halides is 3. The molecule has 0 saturated carbocycles. The van der Waals surface area contributed by atoms with Gasteiger partial charge in [-0.1, -0.05) is 0 Å². The van der Waals surface area contributed by atoms with Crippen molar-refractivity contribution in [2.45, 2.75) is 26.1 Å². The van der Waals surface area contributed by atoms with E-state index in [-0.39, 0.29) is 17.3 Å². The van der Waals surface area contributed by atoms with E-state index in [1.54, 1.807) is 35.8 Å². The Bertz CT molecular complexity index is 1650. The van der Waals surface area contributed by atoms with Crippen LogP contribution in [0.2, 0.25) is 0 Å². The summed E-state index contributed by atoms with van der Waals surface area (Å²) in [6.45, 7) is 3.40. The molecule has 1 atom stereocenters. The SMILES string of the molecule is Cc1ccc(Nc2ccc3ncn(-c4ccc(C(O)C(F)(F)F)c(-n5nc(C#N)cc5C)n4)c3c2)nn1. The lowest BCUT2D eigenvalue weighted by molar-refractivity contribution is -0.206. The molecule has 13 heteroatoms. The molecule has 0 radical (unpaired) electrons. The molecule has 0 aliphatic heterocycles. The van der Waals surface area contributed by atoms with E-state index in [9.17, 15) is 23.5 Å². The van der Waals surface area contributed by atoms with Crippen LogP contribution in [0.25, 0.3) is 22.7 Å². The summed E-state index contributed by atoms with van der Waals surface area (Å²) in [5.41, 5.74) is 2.55. The summed E-state index contributed by atoms with van der Waals surface area (Å²) in [7, 11) is 0. The van der Waals surface area contributed by atoms with Crippen LogP contribution in [0.4, 0.5) is 24.7 Å². The van der Waals surface area contributed by atoms with Gasteiger partial charge < -0.3 is 10.4 Å². The van der Waals surface area contributed by atoms with Gasteiger partial charge in [0.25, 0.3) is 0 Å². The van der Waals surface area contributed by atoms with Gasteiger partial charge in [-0.2, -0.15) is 28.6 Å². The number of hydrogen-bond donors (Lipinski definition) is 2. The van der Waals surface area contributed by atoms with Gasteiger partial charge in [0, 0.05) is 16.9 Å². The van der Waals surface area contributed by atoms with E-state index >= 15 is 0 Å². The molecule has 5 aromatic rings. The molecule has 4 heterocycles. The summed E-state index contributed by atoms with van der Waals surface area (Å²) in [6.07, 6.45) is -6.25. The molecule has 2 N–H and O–H groups in total. The Morgan fingerprint density at radius 2 is 1.86 bits per heavy atom. The normalized spacial score (nSPS) is 12.5. The first-order chi connectivity index (χ1) is 17.6. The average Bonchev–Trinajstić information content (AvgIpc) is 3.47. The molecule has 1 unspecified atom stereocenters. The summed E-state index contributed by atoms with van der Waals surface area (Å²) in [4.78, 5) is 8.77. The third-order valence-electron chi connectivity index (χ3n) is 5.56. The zero-order valence-electron chi connectivity index (χ0n) is 19.4. The van der Waals surface area contributed by atoms with Crippen LogP contribution in [-0.4, -0.2) is 45.8 Å². The predicted octanol–water partition coefficient (Wildman–Crippen LogP) is 4.22. The highest BCUT2D eigenvalue weighted by Crippen LogP contribution is 2.36. The molecule has 0 amide bonds. The second-order valence-electron chi connectivity index (χ2n) is 8.22. The highest BCUT2D eigenvalue weighted by atomic mass is 19.4. The van der Waals surface area contributed by atoms with Gasteiger partial charge in [0.05, 0.1) is 16.7 Å². The Morgan fingerprint density at radius 1 is 1.05 bits per heavy atom. The highest BCUT2D eigenvalue weighted by Gasteiger charge is 2.41. The number of halogens is 3. The minimum absolute atomic E-state index is 0.000142. The molecule has 10 nitrogen and oxygen atoms in total. The van der Waals surface area contributed by atoms with Gasteiger partial charge in [-0.15, -0.1) is 5.10 Å². The molecule has 0 bridgehead atoms. The van der Waals surface area contributed by atoms with Crippen LogP contribution >= 0.6 is 0 Å². The van der Waals surface area contributed by atoms with E-state index in [2.05, 4.69) is 30.6 Å². The van der Waals surface area contributed by atoms with Crippen molar-refractivity contribution < 1.29 is 18.3 Å². The lowest BCUT2D eigenvalue weighted by Crippen LogP contribution is -2.23. The smallest absolute Gasteiger partial charge is 0.379 e. The Kier molecular flexibility index (Phi) is 5.81. The van der Waals surface area contributed by atoms with Gasteiger partial charge >= 0.3 is 6.18 Å². The molecule has 1 aromatic carbocycles. The van der Waals surface area contributed by atoms with Gasteiger partial charge in [-0.05, 0) is 62.4 Å². The first-order valence-corrected chi connectivity index (χ1v) is 10.9. The maximum atomic E-state index is 13.4. The minimum Gasteiger partial charge on any atom is -0.379 e. The number of aliphatic hydroxyl groups is 1. The van der Waals surface area contributed by atoms with Crippen LogP contribution < -0.4 is 5.32 Å². The van der Waals surface area contributed by atoms with Gasteiger partial charge in [-0.25, -0.2) is 14.6 Å². The van der Waals surface area contributed by atoms with Crippen LogP contribution in [0.5, 0.6) is 0 Å². The Balaban J connectivity index is 1.62. The molecule has 4 aromatic heterocycles. The number of nitriles is 1. The van der Waals surface area contributed by atoms with Crippen molar-refractivity contribution in [2.24, 2.45) is 0 Å². The number of fused-ring (bicyclic) bond motifs is 1. The molecule has 0 spiro atoms. The summed E-state index contributed by atoms with van der Waals surface area (Å²) in [5.74, 6) is 0.507. The van der Waals surface area contributed by atoms with Crippen LogP contribution in [0.1, 0.15) is 28.7 Å². The van der Waals surface area contributed by atoms with Gasteiger partial charge in [-0.3, -0.25) is 4.57 Å². The van der Waals surface area contributed by atoms with Gasteiger partial charge in [0.2, 0.25) is 0 Å². The monoisotopic (exact) mass is 505 g/mol. The number of benzene rings is 1. The number of nitrogens with zero attached hydrogens (tertiary/aromatic N) is 8. The van der Waals surface area contributed by atoms with Crippen LogP contribution in [0.15, 0.2) is 54.9 Å². The van der Waals surface area contributed by atoms with Crippen LogP contribution in [0.3, 0.4) is 0 Å². The van der Waals surface area contributed by atoms with E-state index in [0.717, 1.165) is 16.4 Å². The molecule has 0 saturated heterocycles. The van der Waals surface area contributed by atoms with Crippen molar-refractivity contribution >= 4 is 22.5 Å². The van der Waals surface area contributed by atoms with E-state index < -0.39 is 17.8 Å². The van der Waals surface area contributed by atoms with Crippen molar-refractivity contribution in [1.29, 1.82) is 5.26 Å². The van der Waals surface area contributed by atoms with Crippen molar-refractivity contribution in [3.05, 3.63) is 77.5 Å². The van der Waals surface area contributed by atoms with Crippen molar-refractivity contribution in [2.75, 3.05) is 5.32 Å². The minimum atomic E-state index is -4.93. The largest absolute Gasteiger partial charge is 0.418 e. The number of hydrogen-bond acceptors (Lipinski definition) is 8. The first-order valence-electron chi connectivity index (χ1n) is 10.9. The van der Waals surface area contributed by atoms with Crippen LogP contribution in [-0.2, 0) is 0 Å². The molecule has 5 rings (SSSR count). The number of nitrogens with one attached hydrogen (secondary N) is 1. The third kappa shape index (κ3) is 4.57. The molecule has 0 aliphatic carbocycles. The zero-order valence-corrected chi connectivity index (χ0v) is 19.4. The number of aryl methyl sites for hydroxylation is 2. The fraction of sp³-hybridized carbons (Fsp3) is 0.167. The zero-order chi connectivity index (χ0) is 26.3. The van der Waals surface area contributed by atoms with Gasteiger partial charge in [0.1, 0.15) is 18.2 Å². The molecule has 37 heavy (non-hydrogen) atoms. The second-order valence-corrected chi connectivity index (χ2v) is 8.22. The fourth-order valence-electron chi connectivity index (χ4n) is 3.77. The summed E-state index contributed by atoms with van der Waals surface area (Å²) in [6, 6.07) is 14.7. The number of rotatable bonds is 5. The predicted molar refractivity (Wildman–Crippen MR) is 127 cm³/mol. The summed E-state index contributed by atoms with van der Waals surface area (Å²) < 4.78 is 43.0. The topological polar surface area (TPSA) is 130 Å². The van der Waals surface area contributed by atoms with Crippen molar-refractivity contribution in [3.63, 3.8) is 0 Å². The lowest BCUT2D eigenvalue weighted by atomic mass is 10.1. The molecular formula is C24H18F3N9O. The average molecular weight is 505 g/mol. The van der Waals surface area contributed by atoms with Crippen LogP contribution in [0, 0.1) is 25.2 Å². The van der Waals surface area contributed by atoms with E-state index in [4.69, 9.17) is 0 Å². The molecule has 186 valence electrons. The standard InChI is InChI=1S/C24H18F3N9O/c1-13-3-7-20(33-32-13)30-15-4-6-18-19(10-15)35(12-29-18)21-8-5-17(22(37)24(25,26)27)23(31-21)36-14(2)9-16(11-28)34-36/h3-10,12,22,37H,1-2H3,(H,30,33). The number of aromatic nitrogens is 7. The maximum Gasteiger partial charge on any atom is 0.418 e. The summed E-state index contributed by atoms with van der Waals surface area (Å²) in [5, 5.41) is 34.5. The van der Waals surface area contributed by atoms with E-state index in [0.29, 0.717) is 28.2 Å². The molecule has 0 aliphatic rings. The molecular weight excluding hydrogens is 487 g/mol. The molecule has 0 fully saturated rings. The van der Waals surface area contributed by atoms with Crippen molar-refractivity contribution in [3.8, 4) is 17.7 Å². The van der Waals surface area contributed by atoms with E-state index in [1.165, 1.54) is 18.5 Å². The maximum absolute atomic E-state index is 13.4. The number of aliphatic hydroxyl groups excluding tert-OH is 1. The highest BCUT2D eigenvalue weighted by molar-refractivity contribution is 5.82. The van der Waals surface area contributed by atoms with Gasteiger partial charge in [0.15, 0.2) is 23.4 Å². The number of pyridine rings is 1. The first kappa shape index (κ1) is 23.9. The Morgan fingerprint density at radius 3 is 2.54 bits per heavy atom. The Labute approximate surface area is 207 Å². The quantitative estimate of drug-likeness (QED) is 0.363. The summed E-state index contributed by atoms with van der Waals surface area (Å²) >= 11 is 0. The fourth-order valence-corrected chi connectivity index (χ4v) is 3.77. The number of imidazole rings is 1. The Hall–Kier alpha value is -4.83. The van der Waals surface area contributed by atoms with E-state index in [1.807, 2.05) is 19.1 Å². The number of anilines is 2. The van der Waals surface area contributed by atoms with Crippen molar-refractivity contribution in [1.82, 2.24) is 34.5 Å². The third-order valence-corrected chi connectivity index (χ3v) is 5.56. The second kappa shape index (κ2) is 8.99. The lowest BCUT2D eigenvalue weighted by Gasteiger charge is -2.19.